The molecule has 11 heavy (non-hydrogen) atoms. The highest BCUT2D eigenvalue weighted by Crippen LogP contribution is 2.11. The van der Waals surface area contributed by atoms with Crippen LogP contribution in [0, 0.1) is 5.21 Å². The van der Waals surface area contributed by atoms with Crippen molar-refractivity contribution in [3.63, 3.8) is 0 Å². The molecule has 1 aromatic rings. The first-order valence-electron chi connectivity index (χ1n) is 3.19. The van der Waals surface area contributed by atoms with Gasteiger partial charge in [-0.05, 0) is 17.7 Å². The Morgan fingerprint density at radius 3 is 2.27 bits per heavy atom. The Kier molecular flexibility index (Phi) is 2.43. The summed E-state index contributed by atoms with van der Waals surface area (Å²) in [5, 5.41) is 18.5. The van der Waals surface area contributed by atoms with E-state index in [-0.39, 0.29) is 10.9 Å². The SMILES string of the molecule is NCc1ccc(N([O-])O)cc1. The van der Waals surface area contributed by atoms with Gasteiger partial charge in [0.15, 0.2) is 0 Å². The van der Waals surface area contributed by atoms with Gasteiger partial charge in [0.1, 0.15) is 0 Å². The molecular weight excluding hydrogens is 144 g/mol. The fourth-order valence-corrected chi connectivity index (χ4v) is 0.760. The summed E-state index contributed by atoms with van der Waals surface area (Å²) < 4.78 is 0. The third kappa shape index (κ3) is 1.91. The zero-order valence-electron chi connectivity index (χ0n) is 5.90. The molecule has 0 unspecified atom stereocenters. The van der Waals surface area contributed by atoms with Crippen molar-refractivity contribution in [2.24, 2.45) is 5.73 Å². The van der Waals surface area contributed by atoms with E-state index in [0.29, 0.717) is 6.54 Å². The average molecular weight is 153 g/mol. The maximum Gasteiger partial charge on any atom is 0.0508 e. The van der Waals surface area contributed by atoms with Crippen LogP contribution in [0.4, 0.5) is 5.69 Å². The molecule has 0 atom stereocenters. The summed E-state index contributed by atoms with van der Waals surface area (Å²) >= 11 is 0. The number of hydrogen-bond acceptors (Lipinski definition) is 4. The Hall–Kier alpha value is -1.10. The Morgan fingerprint density at radius 1 is 1.36 bits per heavy atom. The van der Waals surface area contributed by atoms with E-state index < -0.39 is 0 Å². The van der Waals surface area contributed by atoms with Gasteiger partial charge in [-0.1, -0.05) is 12.1 Å². The molecule has 60 valence electrons. The first-order valence-corrected chi connectivity index (χ1v) is 3.19. The molecule has 0 bridgehead atoms. The molecule has 0 radical (unpaired) electrons. The summed E-state index contributed by atoms with van der Waals surface area (Å²) in [4.78, 5) is 0. The molecule has 0 saturated carbocycles. The topological polar surface area (TPSA) is 72.5 Å². The average Bonchev–Trinajstić information content (AvgIpc) is 2.05. The highest BCUT2D eigenvalue weighted by Gasteiger charge is 1.91. The Morgan fingerprint density at radius 2 is 1.91 bits per heavy atom. The molecule has 1 rings (SSSR count). The molecular formula is C7H9N2O2-. The Bertz CT molecular complexity index is 220. The molecule has 0 aliphatic heterocycles. The van der Waals surface area contributed by atoms with Crippen molar-refractivity contribution in [2.75, 3.05) is 5.23 Å². The molecule has 0 aromatic heterocycles. The van der Waals surface area contributed by atoms with Gasteiger partial charge in [-0.15, -0.1) is 0 Å². The number of nitrogens with zero attached hydrogens (tertiary/aromatic N) is 1. The summed E-state index contributed by atoms with van der Waals surface area (Å²) in [5.41, 5.74) is 6.46. The van der Waals surface area contributed by atoms with Gasteiger partial charge >= 0.3 is 0 Å². The van der Waals surface area contributed by atoms with Crippen molar-refractivity contribution in [1.29, 1.82) is 0 Å². The minimum atomic E-state index is -0.180. The number of hydrogen-bond donors (Lipinski definition) is 2. The molecule has 4 heteroatoms. The fraction of sp³-hybridized carbons (Fsp3) is 0.143. The van der Waals surface area contributed by atoms with E-state index in [1.165, 1.54) is 12.1 Å². The standard InChI is InChI=1S/C7H9N2O2/c8-5-6-1-3-7(4-2-6)9(10)11/h1-4,10H,5,8H2/q-1. The summed E-state index contributed by atoms with van der Waals surface area (Å²) in [7, 11) is 0. The lowest BCUT2D eigenvalue weighted by Gasteiger charge is -2.21. The largest absolute Gasteiger partial charge is 0.733 e. The van der Waals surface area contributed by atoms with Crippen molar-refractivity contribution in [1.82, 2.24) is 0 Å². The molecule has 4 nitrogen and oxygen atoms in total. The van der Waals surface area contributed by atoms with Crippen LogP contribution in [0.15, 0.2) is 24.3 Å². The van der Waals surface area contributed by atoms with Gasteiger partial charge in [0.05, 0.1) is 5.69 Å². The van der Waals surface area contributed by atoms with Gasteiger partial charge in [-0.3, -0.25) is 5.21 Å². The van der Waals surface area contributed by atoms with Crippen molar-refractivity contribution >= 4 is 5.69 Å². The number of rotatable bonds is 2. The van der Waals surface area contributed by atoms with Crippen LogP contribution in [0.2, 0.25) is 0 Å². The quantitative estimate of drug-likeness (QED) is 0.617. The lowest BCUT2D eigenvalue weighted by Crippen LogP contribution is -2.07. The monoisotopic (exact) mass is 153 g/mol. The first kappa shape index (κ1) is 8.00. The number of nitrogens with two attached hydrogens (primary N) is 1. The van der Waals surface area contributed by atoms with Gasteiger partial charge in [-0.2, -0.15) is 0 Å². The zero-order valence-corrected chi connectivity index (χ0v) is 5.90. The molecule has 0 aliphatic carbocycles. The second-order valence-corrected chi connectivity index (χ2v) is 2.14. The van der Waals surface area contributed by atoms with Crippen LogP contribution in [-0.2, 0) is 6.54 Å². The minimum absolute atomic E-state index is 0.180. The van der Waals surface area contributed by atoms with Crippen LogP contribution in [-0.4, -0.2) is 5.21 Å². The molecule has 0 aliphatic rings. The number of anilines is 1. The van der Waals surface area contributed by atoms with E-state index in [0.717, 1.165) is 5.56 Å². The van der Waals surface area contributed by atoms with Crippen LogP contribution < -0.4 is 11.0 Å². The van der Waals surface area contributed by atoms with Crippen molar-refractivity contribution < 1.29 is 5.21 Å². The molecule has 0 saturated heterocycles. The summed E-state index contributed by atoms with van der Waals surface area (Å²) in [6.07, 6.45) is 0. The van der Waals surface area contributed by atoms with Crippen LogP contribution in [0.25, 0.3) is 0 Å². The van der Waals surface area contributed by atoms with E-state index in [4.69, 9.17) is 10.9 Å². The van der Waals surface area contributed by atoms with Crippen molar-refractivity contribution in [3.8, 4) is 0 Å². The highest BCUT2D eigenvalue weighted by molar-refractivity contribution is 5.45. The second kappa shape index (κ2) is 3.34. The zero-order chi connectivity index (χ0) is 8.27. The van der Waals surface area contributed by atoms with E-state index in [2.05, 4.69) is 0 Å². The van der Waals surface area contributed by atoms with Crippen LogP contribution >= 0.6 is 0 Å². The van der Waals surface area contributed by atoms with Gasteiger partial charge in [0.25, 0.3) is 0 Å². The molecule has 0 heterocycles. The Labute approximate surface area is 64.4 Å². The minimum Gasteiger partial charge on any atom is -0.733 e. The van der Waals surface area contributed by atoms with Gasteiger partial charge in [-0.25, -0.2) is 0 Å². The normalized spacial score (nSPS) is 9.73. The molecule has 1 aromatic carbocycles. The molecule has 0 fully saturated rings. The van der Waals surface area contributed by atoms with E-state index in [1.807, 2.05) is 0 Å². The molecule has 0 amide bonds. The summed E-state index contributed by atoms with van der Waals surface area (Å²) in [5.74, 6) is 0. The second-order valence-electron chi connectivity index (χ2n) is 2.14. The van der Waals surface area contributed by atoms with Crippen molar-refractivity contribution in [3.05, 3.63) is 35.0 Å². The van der Waals surface area contributed by atoms with Crippen LogP contribution in [0.3, 0.4) is 0 Å². The smallest absolute Gasteiger partial charge is 0.0508 e. The maximum atomic E-state index is 10.3. The Balaban J connectivity index is 2.83. The van der Waals surface area contributed by atoms with E-state index >= 15 is 0 Å². The maximum absolute atomic E-state index is 10.3. The van der Waals surface area contributed by atoms with Crippen LogP contribution in [0.1, 0.15) is 5.56 Å². The predicted molar refractivity (Wildman–Crippen MR) is 42.0 cm³/mol. The summed E-state index contributed by atoms with van der Waals surface area (Å²) in [6, 6.07) is 6.40. The lowest BCUT2D eigenvalue weighted by atomic mass is 10.2. The van der Waals surface area contributed by atoms with Crippen molar-refractivity contribution in [2.45, 2.75) is 6.54 Å². The third-order valence-electron chi connectivity index (χ3n) is 1.39. The summed E-state index contributed by atoms with van der Waals surface area (Å²) in [6.45, 7) is 0.435. The molecule has 3 N–H and O–H groups in total. The van der Waals surface area contributed by atoms with Gasteiger partial charge < -0.3 is 16.2 Å². The predicted octanol–water partition coefficient (Wildman–Crippen LogP) is 0.839. The third-order valence-corrected chi connectivity index (χ3v) is 1.39. The highest BCUT2D eigenvalue weighted by atomic mass is 16.8. The van der Waals surface area contributed by atoms with Gasteiger partial charge in [0, 0.05) is 6.54 Å². The van der Waals surface area contributed by atoms with Crippen LogP contribution in [0.5, 0.6) is 0 Å². The van der Waals surface area contributed by atoms with E-state index in [9.17, 15) is 5.21 Å². The first-order chi connectivity index (χ1) is 5.24. The van der Waals surface area contributed by atoms with E-state index in [1.54, 1.807) is 12.1 Å². The lowest BCUT2D eigenvalue weighted by molar-refractivity contribution is 0.296. The number of benzene rings is 1. The molecule has 0 spiro atoms. The van der Waals surface area contributed by atoms with Gasteiger partial charge in [0.2, 0.25) is 0 Å². The fourth-order valence-electron chi connectivity index (χ4n) is 0.760.